The van der Waals surface area contributed by atoms with E-state index in [1.165, 1.54) is 25.3 Å². The maximum absolute atomic E-state index is 6.35. The first-order chi connectivity index (χ1) is 24.8. The Morgan fingerprint density at radius 3 is 1.04 bits per heavy atom. The molecule has 8 aromatic rings. The molecule has 6 aromatic carbocycles. The summed E-state index contributed by atoms with van der Waals surface area (Å²) in [6, 6.07) is 40.7. The standard InChI is InChI=1S/C40H24N8O2/c1-5-13-35-31(9-1)47(32-10-2-6-14-36(32)49-35)25-17-27-28(29(19-25)39-43-21-41-22-44-39)18-26(20-30(27)40-45-23-42-24-46-40)48-33-11-3-7-15-37(33)50-38-16-8-4-12-34(38)48/h1-24H. The molecule has 0 saturated carbocycles. The van der Waals surface area contributed by atoms with E-state index in [0.717, 1.165) is 79.0 Å². The zero-order valence-corrected chi connectivity index (χ0v) is 26.3. The van der Waals surface area contributed by atoms with E-state index in [4.69, 9.17) is 9.47 Å². The van der Waals surface area contributed by atoms with Gasteiger partial charge in [0.25, 0.3) is 0 Å². The summed E-state index contributed by atoms with van der Waals surface area (Å²) in [5.74, 6) is 4.08. The van der Waals surface area contributed by atoms with Crippen LogP contribution in [0.15, 0.2) is 147 Å². The first kappa shape index (κ1) is 27.9. The summed E-state index contributed by atoms with van der Waals surface area (Å²) in [5.41, 5.74) is 7.04. The van der Waals surface area contributed by atoms with Gasteiger partial charge in [-0.25, -0.2) is 29.9 Å². The van der Waals surface area contributed by atoms with Gasteiger partial charge >= 0.3 is 0 Å². The molecule has 236 valence electrons. The van der Waals surface area contributed by atoms with E-state index in [1.54, 1.807) is 0 Å². The molecule has 0 N–H and O–H groups in total. The van der Waals surface area contributed by atoms with Crippen molar-refractivity contribution in [3.63, 3.8) is 0 Å². The van der Waals surface area contributed by atoms with Crippen molar-refractivity contribution in [2.45, 2.75) is 0 Å². The van der Waals surface area contributed by atoms with Crippen LogP contribution in [-0.4, -0.2) is 29.9 Å². The van der Waals surface area contributed by atoms with Crippen molar-refractivity contribution in [3.8, 4) is 45.8 Å². The van der Waals surface area contributed by atoms with Crippen molar-refractivity contribution in [1.82, 2.24) is 29.9 Å². The van der Waals surface area contributed by atoms with Gasteiger partial charge < -0.3 is 19.3 Å². The molecule has 0 radical (unpaired) electrons. The largest absolute Gasteiger partial charge is 0.453 e. The normalized spacial score (nSPS) is 12.6. The third-order valence-corrected chi connectivity index (χ3v) is 8.89. The van der Waals surface area contributed by atoms with E-state index >= 15 is 0 Å². The molecule has 10 rings (SSSR count). The number of ether oxygens (including phenoxy) is 2. The lowest BCUT2D eigenvalue weighted by molar-refractivity contribution is 0.476. The molecule has 0 fully saturated rings. The first-order valence-corrected chi connectivity index (χ1v) is 16.0. The lowest BCUT2D eigenvalue weighted by Gasteiger charge is -2.34. The molecule has 0 amide bonds. The van der Waals surface area contributed by atoms with Gasteiger partial charge in [0.1, 0.15) is 25.3 Å². The first-order valence-electron chi connectivity index (χ1n) is 16.0. The molecule has 0 spiro atoms. The number of anilines is 6. The minimum atomic E-state index is 0.531. The van der Waals surface area contributed by atoms with Crippen LogP contribution < -0.4 is 19.3 Å². The molecule has 0 unspecified atom stereocenters. The van der Waals surface area contributed by atoms with Crippen molar-refractivity contribution in [2.24, 2.45) is 0 Å². The maximum atomic E-state index is 6.35. The molecular formula is C40H24N8O2. The van der Waals surface area contributed by atoms with E-state index in [2.05, 4.69) is 88.2 Å². The Morgan fingerprint density at radius 2 is 0.700 bits per heavy atom. The number of fused-ring (bicyclic) bond motifs is 5. The second kappa shape index (κ2) is 11.2. The van der Waals surface area contributed by atoms with Crippen LogP contribution in [0.5, 0.6) is 23.0 Å². The van der Waals surface area contributed by atoms with Crippen molar-refractivity contribution in [1.29, 1.82) is 0 Å². The number of nitrogens with zero attached hydrogens (tertiary/aromatic N) is 8. The smallest absolute Gasteiger partial charge is 0.163 e. The minimum Gasteiger partial charge on any atom is -0.453 e. The fourth-order valence-corrected chi connectivity index (χ4v) is 6.78. The summed E-state index contributed by atoms with van der Waals surface area (Å²) < 4.78 is 12.7. The summed E-state index contributed by atoms with van der Waals surface area (Å²) in [6.07, 6.45) is 6.08. The van der Waals surface area contributed by atoms with Gasteiger partial charge in [0.15, 0.2) is 34.6 Å². The highest BCUT2D eigenvalue weighted by Crippen LogP contribution is 2.54. The summed E-state index contributed by atoms with van der Waals surface area (Å²) in [4.78, 5) is 31.3. The highest BCUT2D eigenvalue weighted by Gasteiger charge is 2.30. The SMILES string of the molecule is c1ccc2c(c1)Oc1ccccc1N2c1cc(-c2ncncn2)c2cc(N3c4ccccc4Oc4ccccc43)cc(-c3ncncn3)c2c1. The Balaban J connectivity index is 1.30. The molecule has 0 saturated heterocycles. The van der Waals surface area contributed by atoms with Crippen LogP contribution in [0.25, 0.3) is 33.5 Å². The van der Waals surface area contributed by atoms with Crippen molar-refractivity contribution < 1.29 is 9.47 Å². The number of rotatable bonds is 4. The fourth-order valence-electron chi connectivity index (χ4n) is 6.78. The average molecular weight is 649 g/mol. The number of hydrogen-bond acceptors (Lipinski definition) is 10. The Bertz CT molecular complexity index is 2310. The molecule has 10 heteroatoms. The summed E-state index contributed by atoms with van der Waals surface area (Å²) in [6.45, 7) is 0. The Morgan fingerprint density at radius 1 is 0.380 bits per heavy atom. The number of aromatic nitrogens is 6. The van der Waals surface area contributed by atoms with Gasteiger partial charge in [-0.2, -0.15) is 0 Å². The third kappa shape index (κ3) is 4.43. The van der Waals surface area contributed by atoms with Gasteiger partial charge in [-0.05, 0) is 83.6 Å². The summed E-state index contributed by atoms with van der Waals surface area (Å²) >= 11 is 0. The van der Waals surface area contributed by atoms with Crippen LogP contribution in [0.1, 0.15) is 0 Å². The quantitative estimate of drug-likeness (QED) is 0.183. The predicted molar refractivity (Wildman–Crippen MR) is 191 cm³/mol. The molecule has 2 aromatic heterocycles. The molecule has 2 aliphatic heterocycles. The van der Waals surface area contributed by atoms with Crippen molar-refractivity contribution >= 4 is 44.9 Å². The van der Waals surface area contributed by atoms with Crippen LogP contribution in [-0.2, 0) is 0 Å². The van der Waals surface area contributed by atoms with Crippen molar-refractivity contribution in [2.75, 3.05) is 9.80 Å². The van der Waals surface area contributed by atoms with Gasteiger partial charge in [0.2, 0.25) is 0 Å². The van der Waals surface area contributed by atoms with Gasteiger partial charge in [-0.15, -0.1) is 0 Å². The molecule has 2 aliphatic rings. The second-order valence-corrected chi connectivity index (χ2v) is 11.8. The van der Waals surface area contributed by atoms with Crippen LogP contribution in [0.3, 0.4) is 0 Å². The number of para-hydroxylation sites is 8. The van der Waals surface area contributed by atoms with E-state index in [0.29, 0.717) is 11.6 Å². The Kier molecular flexibility index (Phi) is 6.25. The number of hydrogen-bond donors (Lipinski definition) is 0. The van der Waals surface area contributed by atoms with Crippen LogP contribution >= 0.6 is 0 Å². The zero-order chi connectivity index (χ0) is 33.0. The monoisotopic (exact) mass is 648 g/mol. The van der Waals surface area contributed by atoms with E-state index in [9.17, 15) is 0 Å². The molecule has 4 heterocycles. The minimum absolute atomic E-state index is 0.531. The van der Waals surface area contributed by atoms with E-state index in [-0.39, 0.29) is 0 Å². The highest BCUT2D eigenvalue weighted by atomic mass is 16.5. The predicted octanol–water partition coefficient (Wildman–Crippen LogP) is 9.69. The molecule has 0 aliphatic carbocycles. The van der Waals surface area contributed by atoms with E-state index < -0.39 is 0 Å². The molecule has 50 heavy (non-hydrogen) atoms. The lowest BCUT2D eigenvalue weighted by atomic mass is 9.95. The van der Waals surface area contributed by atoms with Crippen LogP contribution in [0.4, 0.5) is 34.1 Å². The van der Waals surface area contributed by atoms with Gasteiger partial charge in [0, 0.05) is 22.5 Å². The van der Waals surface area contributed by atoms with Crippen LogP contribution in [0.2, 0.25) is 0 Å². The second-order valence-electron chi connectivity index (χ2n) is 11.8. The molecule has 0 bridgehead atoms. The Labute approximate surface area is 286 Å². The molecular weight excluding hydrogens is 624 g/mol. The molecule has 10 nitrogen and oxygen atoms in total. The topological polar surface area (TPSA) is 102 Å². The van der Waals surface area contributed by atoms with E-state index in [1.807, 2.05) is 72.8 Å². The number of benzene rings is 6. The van der Waals surface area contributed by atoms with Crippen molar-refractivity contribution in [3.05, 3.63) is 147 Å². The Hall–Kier alpha value is -7.20. The lowest BCUT2D eigenvalue weighted by Crippen LogP contribution is -2.16. The maximum Gasteiger partial charge on any atom is 0.163 e. The van der Waals surface area contributed by atoms with Gasteiger partial charge in [-0.1, -0.05) is 48.5 Å². The highest BCUT2D eigenvalue weighted by molar-refractivity contribution is 6.09. The summed E-state index contributed by atoms with van der Waals surface area (Å²) in [5, 5.41) is 1.81. The summed E-state index contributed by atoms with van der Waals surface area (Å²) in [7, 11) is 0. The third-order valence-electron chi connectivity index (χ3n) is 8.89. The van der Waals surface area contributed by atoms with Gasteiger partial charge in [0.05, 0.1) is 22.7 Å². The van der Waals surface area contributed by atoms with Gasteiger partial charge in [-0.3, -0.25) is 0 Å². The zero-order valence-electron chi connectivity index (χ0n) is 26.3. The average Bonchev–Trinajstić information content (AvgIpc) is 3.19. The molecule has 0 atom stereocenters. The fraction of sp³-hybridized carbons (Fsp3) is 0. The van der Waals surface area contributed by atoms with Crippen LogP contribution in [0, 0.1) is 0 Å².